The van der Waals surface area contributed by atoms with Gasteiger partial charge in [-0.15, -0.1) is 0 Å². The van der Waals surface area contributed by atoms with Crippen molar-refractivity contribution in [3.05, 3.63) is 71.8 Å². The lowest BCUT2D eigenvalue weighted by atomic mass is 9.70. The van der Waals surface area contributed by atoms with E-state index < -0.39 is 0 Å². The average Bonchev–Trinajstić information content (AvgIpc) is 3.32. The lowest BCUT2D eigenvalue weighted by Crippen LogP contribution is -2.51. The van der Waals surface area contributed by atoms with Crippen LogP contribution in [0.1, 0.15) is 30.4 Å². The predicted octanol–water partition coefficient (Wildman–Crippen LogP) is 2.92. The van der Waals surface area contributed by atoms with Crippen LogP contribution in [0.3, 0.4) is 0 Å². The van der Waals surface area contributed by atoms with Crippen molar-refractivity contribution in [2.24, 2.45) is 10.3 Å². The first-order chi connectivity index (χ1) is 15.1. The van der Waals surface area contributed by atoms with Crippen molar-refractivity contribution in [2.45, 2.75) is 31.3 Å². The van der Waals surface area contributed by atoms with Gasteiger partial charge in [0.25, 0.3) is 0 Å². The number of carbonyl (C=O) groups is 2. The third kappa shape index (κ3) is 5.18. The maximum absolute atomic E-state index is 12.7. The number of hydrogen-bond acceptors (Lipinski definition) is 7. The van der Waals surface area contributed by atoms with E-state index in [1.54, 1.807) is 4.90 Å². The number of rotatable bonds is 6. The van der Waals surface area contributed by atoms with Crippen LogP contribution in [0.4, 0.5) is 4.79 Å². The molecule has 0 spiro atoms. The van der Waals surface area contributed by atoms with Gasteiger partial charge in [-0.2, -0.15) is 5.11 Å². The van der Waals surface area contributed by atoms with Crippen LogP contribution in [0.2, 0.25) is 0 Å². The van der Waals surface area contributed by atoms with Crippen LogP contribution in [0, 0.1) is 0 Å². The van der Waals surface area contributed by atoms with Gasteiger partial charge in [0.15, 0.2) is 6.67 Å². The van der Waals surface area contributed by atoms with Crippen molar-refractivity contribution in [3.8, 4) is 0 Å². The first-order valence-corrected chi connectivity index (χ1v) is 10.3. The molecule has 1 fully saturated rings. The Balaban J connectivity index is 1.38. The standard InChI is InChI=1S/C22H26N6O3/c29-20(24-28-17-23-25-26-28)15-22(19-9-5-2-6-10-19)11-13-27(14-12-22)21(30)31-16-18-7-3-1-4-8-18/h1-10H,11-17H2,(H,23,26)(H,24,29). The summed E-state index contributed by atoms with van der Waals surface area (Å²) in [5.74, 6) is -0.122. The van der Waals surface area contributed by atoms with E-state index >= 15 is 0 Å². The monoisotopic (exact) mass is 422 g/mol. The highest BCUT2D eigenvalue weighted by molar-refractivity contribution is 5.77. The summed E-state index contributed by atoms with van der Waals surface area (Å²) in [7, 11) is 0. The zero-order valence-electron chi connectivity index (χ0n) is 17.2. The number of benzene rings is 2. The second-order valence-corrected chi connectivity index (χ2v) is 7.80. The topological polar surface area (TPSA) is 98.6 Å². The number of ether oxygens (including phenoxy) is 1. The molecule has 0 bridgehead atoms. The third-order valence-electron chi connectivity index (χ3n) is 5.77. The highest BCUT2D eigenvalue weighted by atomic mass is 16.6. The fourth-order valence-electron chi connectivity index (χ4n) is 4.06. The second kappa shape index (κ2) is 9.57. The van der Waals surface area contributed by atoms with Gasteiger partial charge in [0.2, 0.25) is 5.91 Å². The van der Waals surface area contributed by atoms with Gasteiger partial charge in [0.05, 0.1) is 0 Å². The molecule has 1 saturated heterocycles. The van der Waals surface area contributed by atoms with E-state index in [0.717, 1.165) is 11.1 Å². The molecular formula is C22H26N6O3. The smallest absolute Gasteiger partial charge is 0.410 e. The molecule has 31 heavy (non-hydrogen) atoms. The zero-order chi connectivity index (χ0) is 21.5. The second-order valence-electron chi connectivity index (χ2n) is 7.80. The minimum absolute atomic E-state index is 0.122. The molecule has 0 aromatic heterocycles. The Morgan fingerprint density at radius 3 is 2.35 bits per heavy atom. The van der Waals surface area contributed by atoms with Crippen molar-refractivity contribution in [1.29, 1.82) is 0 Å². The Kier molecular flexibility index (Phi) is 6.42. The Hall–Kier alpha value is -3.46. The van der Waals surface area contributed by atoms with Crippen LogP contribution in [-0.2, 0) is 21.6 Å². The van der Waals surface area contributed by atoms with Crippen LogP contribution in [-0.4, -0.2) is 41.8 Å². The number of likely N-dealkylation sites (tertiary alicyclic amines) is 1. The van der Waals surface area contributed by atoms with Crippen molar-refractivity contribution in [3.63, 3.8) is 0 Å². The summed E-state index contributed by atoms with van der Waals surface area (Å²) in [5, 5.41) is 8.85. The van der Waals surface area contributed by atoms with Crippen LogP contribution >= 0.6 is 0 Å². The minimum Gasteiger partial charge on any atom is -0.445 e. The van der Waals surface area contributed by atoms with E-state index in [1.165, 1.54) is 5.12 Å². The van der Waals surface area contributed by atoms with Gasteiger partial charge >= 0.3 is 6.09 Å². The van der Waals surface area contributed by atoms with Gasteiger partial charge in [0.1, 0.15) is 6.61 Å². The molecule has 0 saturated carbocycles. The number of piperidine rings is 1. The quantitative estimate of drug-likeness (QED) is 0.746. The molecule has 2 heterocycles. The minimum atomic E-state index is -0.352. The van der Waals surface area contributed by atoms with E-state index in [4.69, 9.17) is 4.74 Å². The van der Waals surface area contributed by atoms with Crippen LogP contribution < -0.4 is 11.0 Å². The van der Waals surface area contributed by atoms with Gasteiger partial charge in [0, 0.05) is 24.9 Å². The molecule has 2 aliphatic heterocycles. The molecule has 2 aliphatic rings. The van der Waals surface area contributed by atoms with Crippen LogP contribution in [0.5, 0.6) is 0 Å². The highest BCUT2D eigenvalue weighted by Gasteiger charge is 2.39. The van der Waals surface area contributed by atoms with E-state index in [0.29, 0.717) is 32.4 Å². The van der Waals surface area contributed by atoms with E-state index in [9.17, 15) is 9.59 Å². The predicted molar refractivity (Wildman–Crippen MR) is 113 cm³/mol. The van der Waals surface area contributed by atoms with Gasteiger partial charge in [-0.05, 0) is 24.0 Å². The Morgan fingerprint density at radius 1 is 1.03 bits per heavy atom. The molecule has 0 unspecified atom stereocenters. The van der Waals surface area contributed by atoms with Crippen molar-refractivity contribution in [2.75, 3.05) is 19.8 Å². The third-order valence-corrected chi connectivity index (χ3v) is 5.77. The molecule has 2 aromatic rings. The molecule has 4 rings (SSSR count). The molecule has 9 nitrogen and oxygen atoms in total. The van der Waals surface area contributed by atoms with Crippen LogP contribution in [0.15, 0.2) is 71.0 Å². The largest absolute Gasteiger partial charge is 0.445 e. The molecular weight excluding hydrogens is 396 g/mol. The maximum Gasteiger partial charge on any atom is 0.410 e. The molecule has 2 amide bonds. The molecule has 0 aliphatic carbocycles. The van der Waals surface area contributed by atoms with Gasteiger partial charge < -0.3 is 9.64 Å². The number of hydrogen-bond donors (Lipinski definition) is 2. The SMILES string of the molecule is O=C(CC1(c2ccccc2)CCN(C(=O)OCc2ccccc2)CC1)NN1CN=NN1. The summed E-state index contributed by atoms with van der Waals surface area (Å²) in [6.45, 7) is 1.58. The summed E-state index contributed by atoms with van der Waals surface area (Å²) >= 11 is 0. The molecule has 2 N–H and O–H groups in total. The van der Waals surface area contributed by atoms with Gasteiger partial charge in [-0.1, -0.05) is 71.0 Å². The molecule has 9 heteroatoms. The number of amides is 2. The fraction of sp³-hybridized carbons (Fsp3) is 0.364. The number of nitrogens with one attached hydrogen (secondary N) is 2. The molecule has 0 radical (unpaired) electrons. The van der Waals surface area contributed by atoms with E-state index in [2.05, 4.69) is 33.4 Å². The number of nitrogens with zero attached hydrogens (tertiary/aromatic N) is 4. The summed E-state index contributed by atoms with van der Waals surface area (Å²) in [6, 6.07) is 19.7. The number of hydrazine groups is 2. The maximum atomic E-state index is 12.7. The van der Waals surface area contributed by atoms with Crippen LogP contribution in [0.25, 0.3) is 0 Å². The molecule has 0 atom stereocenters. The van der Waals surface area contributed by atoms with E-state index in [-0.39, 0.29) is 30.7 Å². The van der Waals surface area contributed by atoms with Gasteiger partial charge in [-0.25, -0.2) is 10.3 Å². The van der Waals surface area contributed by atoms with Crippen molar-refractivity contribution < 1.29 is 14.3 Å². The summed E-state index contributed by atoms with van der Waals surface area (Å²) in [6.07, 6.45) is 1.34. The fourth-order valence-corrected chi connectivity index (χ4v) is 4.06. The first-order valence-electron chi connectivity index (χ1n) is 10.3. The summed E-state index contributed by atoms with van der Waals surface area (Å²) in [4.78, 5) is 27.0. The zero-order valence-corrected chi connectivity index (χ0v) is 17.2. The molecule has 162 valence electrons. The van der Waals surface area contributed by atoms with Crippen molar-refractivity contribution in [1.82, 2.24) is 21.0 Å². The Bertz CT molecular complexity index is 905. The Labute approximate surface area is 181 Å². The average molecular weight is 422 g/mol. The van der Waals surface area contributed by atoms with Gasteiger partial charge in [-0.3, -0.25) is 10.2 Å². The lowest BCUT2D eigenvalue weighted by Gasteiger charge is -2.41. The summed E-state index contributed by atoms with van der Waals surface area (Å²) in [5.41, 5.74) is 7.11. The normalized spacial score (nSPS) is 17.7. The molecule has 2 aromatic carbocycles. The van der Waals surface area contributed by atoms with E-state index in [1.807, 2.05) is 48.5 Å². The number of carbonyl (C=O) groups excluding carboxylic acids is 2. The lowest BCUT2D eigenvalue weighted by molar-refractivity contribution is -0.128. The first kappa shape index (κ1) is 20.8. The Morgan fingerprint density at radius 2 is 1.71 bits per heavy atom. The summed E-state index contributed by atoms with van der Waals surface area (Å²) < 4.78 is 5.48. The highest BCUT2D eigenvalue weighted by Crippen LogP contribution is 2.39. The van der Waals surface area contributed by atoms with Crippen molar-refractivity contribution >= 4 is 12.0 Å².